The molecule has 2 aliphatic heterocycles. The number of aromatic hydroxyl groups is 2. The molecule has 0 aliphatic carbocycles. The van der Waals surface area contributed by atoms with Gasteiger partial charge in [-0.3, -0.25) is 9.59 Å². The number of hydrogen-bond donors (Lipinski definition) is 2. The number of pyridine rings is 1. The molecule has 0 radical (unpaired) electrons. The third-order valence-electron chi connectivity index (χ3n) is 8.08. The van der Waals surface area contributed by atoms with E-state index in [9.17, 15) is 19.8 Å². The fraction of sp³-hybridized carbons (Fsp3) is 0.121. The largest absolute Gasteiger partial charge is 0.507 e. The van der Waals surface area contributed by atoms with Gasteiger partial charge in [-0.2, -0.15) is 0 Å². The molecule has 4 aromatic carbocycles. The highest BCUT2D eigenvalue weighted by Crippen LogP contribution is 2.46. The zero-order chi connectivity index (χ0) is 29.1. The van der Waals surface area contributed by atoms with Crippen LogP contribution in [0.5, 0.6) is 11.5 Å². The lowest BCUT2D eigenvalue weighted by Crippen LogP contribution is -2.33. The Balaban J connectivity index is 1.26. The van der Waals surface area contributed by atoms with Gasteiger partial charge in [0.15, 0.2) is 0 Å². The van der Waals surface area contributed by atoms with Crippen molar-refractivity contribution in [3.8, 4) is 11.5 Å². The second-order valence-electron chi connectivity index (χ2n) is 10.4. The molecule has 1 aromatic heterocycles. The molecule has 208 valence electrons. The van der Waals surface area contributed by atoms with Crippen molar-refractivity contribution >= 4 is 73.5 Å². The average molecular weight is 596 g/mol. The highest BCUT2D eigenvalue weighted by atomic mass is 35.5. The van der Waals surface area contributed by atoms with Crippen LogP contribution in [0.15, 0.2) is 84.4 Å². The second-order valence-corrected chi connectivity index (χ2v) is 10.9. The number of phenolic OH excluding ortho intramolecular Hbond substituents is 2. The number of fused-ring (bicyclic) bond motifs is 6. The number of benzene rings is 4. The van der Waals surface area contributed by atoms with Crippen molar-refractivity contribution in [1.82, 2.24) is 4.98 Å². The minimum Gasteiger partial charge on any atom is -0.507 e. The molecule has 0 bridgehead atoms. The number of halogens is 2. The molecular weight excluding hydrogens is 573 g/mol. The molecular formula is C33H23Cl2N3O4. The predicted molar refractivity (Wildman–Crippen MR) is 166 cm³/mol. The van der Waals surface area contributed by atoms with E-state index in [0.29, 0.717) is 34.6 Å². The van der Waals surface area contributed by atoms with E-state index in [1.807, 2.05) is 48.5 Å². The van der Waals surface area contributed by atoms with Gasteiger partial charge in [-0.1, -0.05) is 66.2 Å². The van der Waals surface area contributed by atoms with Crippen molar-refractivity contribution in [2.45, 2.75) is 5.92 Å². The number of nitrogens with zero attached hydrogens (tertiary/aromatic N) is 3. The number of anilines is 2. The second kappa shape index (κ2) is 10.0. The summed E-state index contributed by atoms with van der Waals surface area (Å²) < 4.78 is 0. The van der Waals surface area contributed by atoms with E-state index in [0.717, 1.165) is 27.5 Å². The maximum absolute atomic E-state index is 13.9. The van der Waals surface area contributed by atoms with Crippen LogP contribution in [0, 0.1) is 0 Å². The normalized spacial score (nSPS) is 16.8. The Labute approximate surface area is 250 Å². The molecule has 2 N–H and O–H groups in total. The van der Waals surface area contributed by atoms with Crippen LogP contribution < -0.4 is 9.80 Å². The molecule has 0 saturated carbocycles. The molecule has 1 atom stereocenters. The van der Waals surface area contributed by atoms with Gasteiger partial charge in [0.05, 0.1) is 17.9 Å². The number of phenols is 2. The van der Waals surface area contributed by atoms with Crippen molar-refractivity contribution in [2.75, 3.05) is 28.8 Å². The van der Waals surface area contributed by atoms with Crippen molar-refractivity contribution in [3.05, 3.63) is 107 Å². The molecule has 7 rings (SSSR count). The SMILES string of the molecule is O=C(c1cccc(C(=O)N2C[C@@H](CCl)c3c2cc(O)c2ccccc32)n1)N1C/C(=C/Cl)c2c1cc(O)c1ccccc21. The molecule has 3 heterocycles. The fourth-order valence-electron chi connectivity index (χ4n) is 6.19. The van der Waals surface area contributed by atoms with Crippen molar-refractivity contribution < 1.29 is 19.8 Å². The van der Waals surface area contributed by atoms with Crippen LogP contribution in [-0.4, -0.2) is 46.0 Å². The Hall–Kier alpha value is -4.59. The number of rotatable bonds is 3. The summed E-state index contributed by atoms with van der Waals surface area (Å²) in [6.07, 6.45) is 0. The number of hydrogen-bond acceptors (Lipinski definition) is 5. The summed E-state index contributed by atoms with van der Waals surface area (Å²) >= 11 is 12.5. The standard InChI is InChI=1S/C33H23Cl2N3O4/c34-14-18-16-37(26-12-28(39)20-6-1-3-8-22(20)30(18)26)32(41)24-10-5-11-25(36-24)33(42)38-17-19(15-35)31-23-9-4-2-7-21(23)29(40)13-27(31)38/h1-14,19,39-40H,15-17H2/b18-14-/t19-/m1/s1. The predicted octanol–water partition coefficient (Wildman–Crippen LogP) is 7.02. The van der Waals surface area contributed by atoms with Gasteiger partial charge in [-0.15, -0.1) is 11.6 Å². The summed E-state index contributed by atoms with van der Waals surface area (Å²) in [7, 11) is 0. The minimum atomic E-state index is -0.432. The van der Waals surface area contributed by atoms with Crippen LogP contribution in [-0.2, 0) is 0 Å². The lowest BCUT2D eigenvalue weighted by molar-refractivity contribution is 0.0980. The number of amides is 2. The lowest BCUT2D eigenvalue weighted by Gasteiger charge is -2.20. The van der Waals surface area contributed by atoms with Crippen molar-refractivity contribution in [1.29, 1.82) is 0 Å². The minimum absolute atomic E-state index is 0.0483. The van der Waals surface area contributed by atoms with E-state index < -0.39 is 11.8 Å². The first-order valence-corrected chi connectivity index (χ1v) is 14.3. The summed E-state index contributed by atoms with van der Waals surface area (Å²) in [5.41, 5.74) is 5.10. The van der Waals surface area contributed by atoms with E-state index >= 15 is 0 Å². The third kappa shape index (κ3) is 3.92. The van der Waals surface area contributed by atoms with Crippen molar-refractivity contribution in [2.24, 2.45) is 0 Å². The maximum Gasteiger partial charge on any atom is 0.277 e. The third-order valence-corrected chi connectivity index (χ3v) is 8.72. The number of carbonyl (C=O) groups is 2. The van der Waals surface area contributed by atoms with Gasteiger partial charge in [-0.25, -0.2) is 4.98 Å². The smallest absolute Gasteiger partial charge is 0.277 e. The Morgan fingerprint density at radius 2 is 1.38 bits per heavy atom. The van der Waals surface area contributed by atoms with E-state index in [2.05, 4.69) is 4.98 Å². The summed E-state index contributed by atoms with van der Waals surface area (Å²) in [6, 6.07) is 22.8. The van der Waals surface area contributed by atoms with Gasteiger partial charge in [0.1, 0.15) is 22.9 Å². The van der Waals surface area contributed by atoms with Gasteiger partial charge >= 0.3 is 0 Å². The highest BCUT2D eigenvalue weighted by molar-refractivity contribution is 6.30. The topological polar surface area (TPSA) is 94.0 Å². The zero-order valence-electron chi connectivity index (χ0n) is 22.1. The first-order valence-electron chi connectivity index (χ1n) is 13.4. The summed E-state index contributed by atoms with van der Waals surface area (Å²) in [5, 5.41) is 24.4. The molecule has 7 nitrogen and oxygen atoms in total. The van der Waals surface area contributed by atoms with Crippen molar-refractivity contribution in [3.63, 3.8) is 0 Å². The van der Waals surface area contributed by atoms with Gasteiger partial charge in [-0.05, 0) is 34.0 Å². The molecule has 5 aromatic rings. The maximum atomic E-state index is 13.9. The molecule has 0 fully saturated rings. The average Bonchev–Trinajstić information content (AvgIpc) is 3.59. The Morgan fingerprint density at radius 1 is 0.810 bits per heavy atom. The van der Waals surface area contributed by atoms with Crippen LogP contribution >= 0.6 is 23.2 Å². The quantitative estimate of drug-likeness (QED) is 0.218. The molecule has 42 heavy (non-hydrogen) atoms. The van der Waals surface area contributed by atoms with E-state index in [-0.39, 0.29) is 35.3 Å². The first-order chi connectivity index (χ1) is 20.4. The monoisotopic (exact) mass is 595 g/mol. The fourth-order valence-corrected chi connectivity index (χ4v) is 6.62. The van der Waals surface area contributed by atoms with Gasteiger partial charge < -0.3 is 20.0 Å². The number of aromatic nitrogens is 1. The Morgan fingerprint density at radius 3 is 2.02 bits per heavy atom. The van der Waals surface area contributed by atoms with Crippen LogP contribution in [0.2, 0.25) is 0 Å². The van der Waals surface area contributed by atoms with E-state index in [1.54, 1.807) is 35.2 Å². The summed E-state index contributed by atoms with van der Waals surface area (Å²) in [4.78, 5) is 35.3. The molecule has 0 unspecified atom stereocenters. The van der Waals surface area contributed by atoms with Crippen LogP contribution in [0.25, 0.3) is 27.1 Å². The van der Waals surface area contributed by atoms with E-state index in [1.165, 1.54) is 10.4 Å². The molecule has 2 amide bonds. The van der Waals surface area contributed by atoms with E-state index in [4.69, 9.17) is 23.2 Å². The van der Waals surface area contributed by atoms with Crippen LogP contribution in [0.3, 0.4) is 0 Å². The van der Waals surface area contributed by atoms with Gasteiger partial charge in [0, 0.05) is 52.3 Å². The summed E-state index contributed by atoms with van der Waals surface area (Å²) in [5.74, 6) is -0.555. The highest BCUT2D eigenvalue weighted by Gasteiger charge is 2.36. The Bertz CT molecular complexity index is 1990. The van der Waals surface area contributed by atoms with Gasteiger partial charge in [0.25, 0.3) is 11.8 Å². The first kappa shape index (κ1) is 26.3. The molecule has 9 heteroatoms. The van der Waals surface area contributed by atoms with Gasteiger partial charge in [0.2, 0.25) is 0 Å². The molecule has 0 saturated heterocycles. The number of carbonyl (C=O) groups excluding carboxylic acids is 2. The van der Waals surface area contributed by atoms with Crippen LogP contribution in [0.1, 0.15) is 38.0 Å². The lowest BCUT2D eigenvalue weighted by atomic mass is 9.95. The van der Waals surface area contributed by atoms with Crippen LogP contribution in [0.4, 0.5) is 11.4 Å². The molecule has 2 aliphatic rings. The zero-order valence-corrected chi connectivity index (χ0v) is 23.6. The molecule has 0 spiro atoms. The summed E-state index contributed by atoms with van der Waals surface area (Å²) in [6.45, 7) is 0.509. The number of alkyl halides is 1. The Kier molecular flexibility index (Phi) is 6.30.